The van der Waals surface area contributed by atoms with E-state index in [1.54, 1.807) is 12.1 Å². The Morgan fingerprint density at radius 1 is 1.00 bits per heavy atom. The van der Waals surface area contributed by atoms with Crippen LogP contribution in [0.15, 0.2) is 42.5 Å². The van der Waals surface area contributed by atoms with Crippen LogP contribution >= 0.6 is 0 Å². The quantitative estimate of drug-likeness (QED) is 0.455. The zero-order valence-corrected chi connectivity index (χ0v) is 20.8. The topological polar surface area (TPSA) is 77.1 Å². The van der Waals surface area contributed by atoms with Crippen molar-refractivity contribution in [3.8, 4) is 17.2 Å². The summed E-state index contributed by atoms with van der Waals surface area (Å²) >= 11 is 0. The second kappa shape index (κ2) is 12.1. The van der Waals surface area contributed by atoms with Gasteiger partial charge in [-0.15, -0.1) is 0 Å². The monoisotopic (exact) mass is 480 g/mol. The summed E-state index contributed by atoms with van der Waals surface area (Å²) in [6.07, 6.45) is 4.43. The lowest BCUT2D eigenvalue weighted by Crippen LogP contribution is -2.44. The van der Waals surface area contributed by atoms with E-state index >= 15 is 0 Å². The number of rotatable bonds is 12. The zero-order chi connectivity index (χ0) is 24.6. The fourth-order valence-electron chi connectivity index (χ4n) is 4.64. The van der Waals surface area contributed by atoms with E-state index in [1.807, 2.05) is 44.2 Å². The molecule has 2 aromatic carbocycles. The van der Waals surface area contributed by atoms with Gasteiger partial charge in [-0.1, -0.05) is 6.07 Å². The van der Waals surface area contributed by atoms with E-state index in [-0.39, 0.29) is 30.6 Å². The van der Waals surface area contributed by atoms with E-state index in [4.69, 9.17) is 14.2 Å². The summed E-state index contributed by atoms with van der Waals surface area (Å²) in [6.45, 7) is 7.15. The summed E-state index contributed by atoms with van der Waals surface area (Å²) in [6, 6.07) is 13.2. The average molecular weight is 481 g/mol. The Morgan fingerprint density at radius 3 is 2.49 bits per heavy atom. The van der Waals surface area contributed by atoms with E-state index in [0.29, 0.717) is 24.8 Å². The molecular weight excluding hydrogens is 444 g/mol. The minimum Gasteiger partial charge on any atom is -0.491 e. The van der Waals surface area contributed by atoms with Gasteiger partial charge in [-0.2, -0.15) is 0 Å². The fourth-order valence-corrected chi connectivity index (χ4v) is 4.64. The van der Waals surface area contributed by atoms with Crippen LogP contribution in [0, 0.1) is 0 Å². The molecular formula is C28H36N2O5. The molecule has 1 fully saturated rings. The Kier molecular flexibility index (Phi) is 8.64. The molecule has 0 unspecified atom stereocenters. The molecule has 0 radical (unpaired) electrons. The molecule has 2 aliphatic heterocycles. The van der Waals surface area contributed by atoms with Gasteiger partial charge in [0.15, 0.2) is 17.3 Å². The highest BCUT2D eigenvalue weighted by Gasteiger charge is 2.21. The first kappa shape index (κ1) is 25.0. The molecule has 2 aliphatic rings. The molecule has 7 nitrogen and oxygen atoms in total. The summed E-state index contributed by atoms with van der Waals surface area (Å²) in [5.74, 6) is 2.31. The molecule has 1 N–H and O–H groups in total. The number of Topliss-reactive ketones (excluding diaryl/α,β-unsaturated/α-hetero) is 1. The summed E-state index contributed by atoms with van der Waals surface area (Å²) in [4.78, 5) is 27.7. The SMILES string of the molecule is CC(C)Oc1ccc(C(=O)CCCC(=O)N[C@@H](Cc2ccc3c(c2)OCO3)CN2CCCC2)cc1. The van der Waals surface area contributed by atoms with Crippen LogP contribution in [0.1, 0.15) is 61.9 Å². The van der Waals surface area contributed by atoms with Crippen LogP contribution in [0.3, 0.4) is 0 Å². The van der Waals surface area contributed by atoms with Crippen molar-refractivity contribution in [3.63, 3.8) is 0 Å². The second-order valence-electron chi connectivity index (χ2n) is 9.63. The predicted molar refractivity (Wildman–Crippen MR) is 134 cm³/mol. The molecule has 0 aromatic heterocycles. The van der Waals surface area contributed by atoms with Crippen molar-refractivity contribution in [1.29, 1.82) is 0 Å². The number of carbonyl (C=O) groups is 2. The molecule has 0 bridgehead atoms. The van der Waals surface area contributed by atoms with Gasteiger partial charge in [0.05, 0.1) is 6.10 Å². The number of hydrogen-bond donors (Lipinski definition) is 1. The number of fused-ring (bicyclic) bond motifs is 1. The highest BCUT2D eigenvalue weighted by atomic mass is 16.7. The Hall–Kier alpha value is -3.06. The van der Waals surface area contributed by atoms with Gasteiger partial charge in [0, 0.05) is 31.0 Å². The third kappa shape index (κ3) is 7.46. The fraction of sp³-hybridized carbons (Fsp3) is 0.500. The van der Waals surface area contributed by atoms with Gasteiger partial charge in [0.2, 0.25) is 12.7 Å². The maximum Gasteiger partial charge on any atom is 0.231 e. The van der Waals surface area contributed by atoms with Gasteiger partial charge >= 0.3 is 0 Å². The largest absolute Gasteiger partial charge is 0.491 e. The minimum atomic E-state index is -0.0107. The molecule has 1 amide bonds. The first-order chi connectivity index (χ1) is 17.0. The predicted octanol–water partition coefficient (Wildman–Crippen LogP) is 4.38. The summed E-state index contributed by atoms with van der Waals surface area (Å²) < 4.78 is 16.6. The van der Waals surface area contributed by atoms with Gasteiger partial charge < -0.3 is 24.4 Å². The van der Waals surface area contributed by atoms with Crippen LogP contribution in [0.25, 0.3) is 0 Å². The zero-order valence-electron chi connectivity index (χ0n) is 20.8. The molecule has 1 atom stereocenters. The molecule has 188 valence electrons. The third-order valence-electron chi connectivity index (χ3n) is 6.32. The van der Waals surface area contributed by atoms with Crippen LogP contribution < -0.4 is 19.5 Å². The molecule has 2 aromatic rings. The van der Waals surface area contributed by atoms with Gasteiger partial charge in [0.1, 0.15) is 5.75 Å². The molecule has 4 rings (SSSR count). The van der Waals surface area contributed by atoms with Gasteiger partial charge in [-0.3, -0.25) is 9.59 Å². The molecule has 7 heteroatoms. The first-order valence-electron chi connectivity index (χ1n) is 12.7. The van der Waals surface area contributed by atoms with Crippen LogP contribution in [0.4, 0.5) is 0 Å². The number of ether oxygens (including phenoxy) is 3. The van der Waals surface area contributed by atoms with Crippen molar-refractivity contribution < 1.29 is 23.8 Å². The number of hydrogen-bond acceptors (Lipinski definition) is 6. The normalized spacial score (nSPS) is 15.9. The Bertz CT molecular complexity index is 999. The highest BCUT2D eigenvalue weighted by Crippen LogP contribution is 2.32. The minimum absolute atomic E-state index is 0.00479. The number of likely N-dealkylation sites (tertiary alicyclic amines) is 1. The summed E-state index contributed by atoms with van der Waals surface area (Å²) in [7, 11) is 0. The standard InChI is InChI=1S/C28H36N2O5/c1-20(2)35-24-11-9-22(10-12-24)25(31)6-5-7-28(32)29-23(18-30-14-3-4-15-30)16-21-8-13-26-27(17-21)34-19-33-26/h8-13,17,20,23H,3-7,14-16,18-19H2,1-2H3,(H,29,32)/t23-/m0/s1. The molecule has 2 heterocycles. The van der Waals surface area contributed by atoms with Crippen molar-refractivity contribution in [3.05, 3.63) is 53.6 Å². The molecule has 0 spiro atoms. The maximum absolute atomic E-state index is 12.8. The van der Waals surface area contributed by atoms with E-state index in [1.165, 1.54) is 12.8 Å². The average Bonchev–Trinajstić information content (AvgIpc) is 3.50. The number of carbonyl (C=O) groups excluding carboxylic acids is 2. The lowest BCUT2D eigenvalue weighted by molar-refractivity contribution is -0.122. The van der Waals surface area contributed by atoms with Gasteiger partial charge in [0.25, 0.3) is 0 Å². The van der Waals surface area contributed by atoms with Crippen molar-refractivity contribution in [1.82, 2.24) is 10.2 Å². The first-order valence-corrected chi connectivity index (χ1v) is 12.7. The van der Waals surface area contributed by atoms with Crippen molar-refractivity contribution >= 4 is 11.7 Å². The highest BCUT2D eigenvalue weighted by molar-refractivity contribution is 5.96. The third-order valence-corrected chi connectivity index (χ3v) is 6.32. The molecule has 0 saturated carbocycles. The van der Waals surface area contributed by atoms with Crippen molar-refractivity contribution in [2.45, 2.75) is 64.5 Å². The smallest absolute Gasteiger partial charge is 0.231 e. The molecule has 0 aliphatic carbocycles. The Balaban J connectivity index is 1.27. The number of benzene rings is 2. The van der Waals surface area contributed by atoms with E-state index in [2.05, 4.69) is 10.2 Å². The summed E-state index contributed by atoms with van der Waals surface area (Å²) in [5.41, 5.74) is 1.76. The maximum atomic E-state index is 12.8. The van der Waals surface area contributed by atoms with E-state index < -0.39 is 0 Å². The lowest BCUT2D eigenvalue weighted by Gasteiger charge is -2.25. The van der Waals surface area contributed by atoms with E-state index in [0.717, 1.165) is 48.9 Å². The van der Waals surface area contributed by atoms with Crippen LogP contribution in [0.5, 0.6) is 17.2 Å². The summed E-state index contributed by atoms with van der Waals surface area (Å²) in [5, 5.41) is 3.22. The van der Waals surface area contributed by atoms with Gasteiger partial charge in [-0.05, 0) is 94.6 Å². The number of nitrogens with one attached hydrogen (secondary N) is 1. The number of ketones is 1. The van der Waals surface area contributed by atoms with Crippen LogP contribution in [-0.2, 0) is 11.2 Å². The number of nitrogens with zero attached hydrogens (tertiary/aromatic N) is 1. The Morgan fingerprint density at radius 2 is 1.74 bits per heavy atom. The lowest BCUT2D eigenvalue weighted by atomic mass is 10.0. The molecule has 35 heavy (non-hydrogen) atoms. The second-order valence-corrected chi connectivity index (χ2v) is 9.63. The van der Waals surface area contributed by atoms with Crippen LogP contribution in [-0.4, -0.2) is 55.2 Å². The van der Waals surface area contributed by atoms with Gasteiger partial charge in [-0.25, -0.2) is 0 Å². The van der Waals surface area contributed by atoms with E-state index in [9.17, 15) is 9.59 Å². The molecule has 1 saturated heterocycles. The van der Waals surface area contributed by atoms with Crippen molar-refractivity contribution in [2.75, 3.05) is 26.4 Å². The van der Waals surface area contributed by atoms with Crippen LogP contribution in [0.2, 0.25) is 0 Å². The Labute approximate surface area is 207 Å². The number of amides is 1. The van der Waals surface area contributed by atoms with Crippen molar-refractivity contribution in [2.24, 2.45) is 0 Å².